The number of aldehydes is 1. The van der Waals surface area contributed by atoms with Crippen LogP contribution in [-0.4, -0.2) is 21.8 Å². The lowest BCUT2D eigenvalue weighted by atomic mass is 10.0. The first-order valence-electron chi connectivity index (χ1n) is 8.13. The van der Waals surface area contributed by atoms with Crippen molar-refractivity contribution in [1.29, 1.82) is 0 Å². The fraction of sp³-hybridized carbons (Fsp3) is 0.250. The number of aryl methyl sites for hydroxylation is 1. The largest absolute Gasteiger partial charge is 0.493 e. The Morgan fingerprint density at radius 2 is 1.69 bits per heavy atom. The van der Waals surface area contributed by atoms with Crippen molar-refractivity contribution in [1.82, 2.24) is 0 Å². The Kier molecular flexibility index (Phi) is 6.21. The normalized spacial score (nSPS) is 12.1. The van der Waals surface area contributed by atoms with Gasteiger partial charge in [0.1, 0.15) is 11.2 Å². The van der Waals surface area contributed by atoms with Gasteiger partial charge >= 0.3 is 10.1 Å². The summed E-state index contributed by atoms with van der Waals surface area (Å²) in [5, 5.41) is 0. The van der Waals surface area contributed by atoms with Crippen LogP contribution in [0.25, 0.3) is 6.08 Å². The number of allylic oxidation sites excluding steroid dienone is 1. The maximum atomic E-state index is 12.5. The topological polar surface area (TPSA) is 69.7 Å². The van der Waals surface area contributed by atoms with Gasteiger partial charge in [-0.1, -0.05) is 37.6 Å². The minimum absolute atomic E-state index is 0.0512. The van der Waals surface area contributed by atoms with Crippen LogP contribution in [0.1, 0.15) is 25.0 Å². The molecule has 0 heterocycles. The van der Waals surface area contributed by atoms with Crippen LogP contribution >= 0.6 is 0 Å². The molecule has 0 amide bonds. The molecular formula is C20H22O5S. The first kappa shape index (κ1) is 19.7. The average Bonchev–Trinajstić information content (AvgIpc) is 2.59. The van der Waals surface area contributed by atoms with Crippen LogP contribution in [-0.2, 0) is 14.9 Å². The zero-order valence-electron chi connectivity index (χ0n) is 15.2. The maximum absolute atomic E-state index is 12.5. The Morgan fingerprint density at radius 1 is 1.04 bits per heavy atom. The number of ether oxygens (including phenoxy) is 1. The lowest BCUT2D eigenvalue weighted by molar-refractivity contribution is -0.105. The number of hydrogen-bond acceptors (Lipinski definition) is 5. The minimum Gasteiger partial charge on any atom is -0.493 e. The van der Waals surface area contributed by atoms with Crippen molar-refractivity contribution in [3.8, 4) is 11.5 Å². The minimum atomic E-state index is -4.00. The fourth-order valence-corrected chi connectivity index (χ4v) is 3.18. The van der Waals surface area contributed by atoms with E-state index in [1.165, 1.54) is 25.3 Å². The number of rotatable bonds is 7. The molecule has 138 valence electrons. The molecule has 0 saturated heterocycles. The molecule has 0 atom stereocenters. The monoisotopic (exact) mass is 374 g/mol. The van der Waals surface area contributed by atoms with Crippen LogP contribution in [0, 0.1) is 12.8 Å². The fourth-order valence-electron chi connectivity index (χ4n) is 2.25. The third-order valence-corrected chi connectivity index (χ3v) is 5.08. The summed E-state index contributed by atoms with van der Waals surface area (Å²) in [6.07, 6.45) is 2.49. The summed E-state index contributed by atoms with van der Waals surface area (Å²) in [6, 6.07) is 11.3. The van der Waals surface area contributed by atoms with Crippen LogP contribution in [0.15, 0.2) is 52.9 Å². The van der Waals surface area contributed by atoms with Crippen LogP contribution < -0.4 is 8.92 Å². The third-order valence-electron chi connectivity index (χ3n) is 3.83. The molecule has 2 rings (SSSR count). The van der Waals surface area contributed by atoms with Gasteiger partial charge in [-0.3, -0.25) is 4.79 Å². The molecule has 0 fully saturated rings. The Morgan fingerprint density at radius 3 is 2.23 bits per heavy atom. The molecule has 0 aliphatic rings. The van der Waals surface area contributed by atoms with E-state index in [4.69, 9.17) is 8.92 Å². The van der Waals surface area contributed by atoms with E-state index in [-0.39, 0.29) is 22.3 Å². The summed E-state index contributed by atoms with van der Waals surface area (Å²) in [5.41, 5.74) is 2.20. The van der Waals surface area contributed by atoms with Gasteiger partial charge in [-0.15, -0.1) is 0 Å². The molecular weight excluding hydrogens is 352 g/mol. The van der Waals surface area contributed by atoms with Gasteiger partial charge in [0.25, 0.3) is 0 Å². The summed E-state index contributed by atoms with van der Waals surface area (Å²) >= 11 is 0. The number of carbonyl (C=O) groups excluding carboxylic acids is 1. The van der Waals surface area contributed by atoms with Crippen molar-refractivity contribution < 1.29 is 22.1 Å². The highest BCUT2D eigenvalue weighted by Gasteiger charge is 2.19. The Bertz CT molecular complexity index is 910. The van der Waals surface area contributed by atoms with E-state index in [0.717, 1.165) is 11.8 Å². The molecule has 0 spiro atoms. The highest BCUT2D eigenvalue weighted by Crippen LogP contribution is 2.32. The molecule has 0 saturated carbocycles. The van der Waals surface area contributed by atoms with Gasteiger partial charge in [-0.25, -0.2) is 0 Å². The zero-order valence-corrected chi connectivity index (χ0v) is 16.0. The molecule has 26 heavy (non-hydrogen) atoms. The Labute approximate surface area is 154 Å². The molecule has 0 bridgehead atoms. The molecule has 2 aromatic rings. The van der Waals surface area contributed by atoms with E-state index in [2.05, 4.69) is 0 Å². The highest BCUT2D eigenvalue weighted by molar-refractivity contribution is 7.87. The molecule has 0 aliphatic carbocycles. The lowest BCUT2D eigenvalue weighted by Crippen LogP contribution is -2.10. The average molecular weight is 374 g/mol. The second kappa shape index (κ2) is 8.19. The molecule has 0 unspecified atom stereocenters. The number of hydrogen-bond donors (Lipinski definition) is 0. The number of methoxy groups -OCH3 is 1. The van der Waals surface area contributed by atoms with E-state index in [1.807, 2.05) is 20.8 Å². The highest BCUT2D eigenvalue weighted by atomic mass is 32.2. The summed E-state index contributed by atoms with van der Waals surface area (Å²) in [5.74, 6) is 0.404. The second-order valence-corrected chi connectivity index (χ2v) is 7.72. The molecule has 0 aliphatic heterocycles. The van der Waals surface area contributed by atoms with E-state index in [1.54, 1.807) is 30.3 Å². The van der Waals surface area contributed by atoms with Gasteiger partial charge in [0.05, 0.1) is 7.11 Å². The predicted molar refractivity (Wildman–Crippen MR) is 101 cm³/mol. The lowest BCUT2D eigenvalue weighted by Gasteiger charge is -2.12. The standard InChI is InChI=1S/C20H22O5S/c1-14(2)17(13-21)11-16-7-10-19(24-4)20(12-16)25-26(22,23)18-8-5-15(3)6-9-18/h5-14H,1-4H3/b17-11+. The zero-order chi connectivity index (χ0) is 19.3. The molecule has 0 N–H and O–H groups in total. The number of benzene rings is 2. The van der Waals surface area contributed by atoms with Gasteiger partial charge in [0.2, 0.25) is 0 Å². The summed E-state index contributed by atoms with van der Waals surface area (Å²) < 4.78 is 35.6. The first-order valence-corrected chi connectivity index (χ1v) is 9.53. The van der Waals surface area contributed by atoms with Crippen LogP contribution in [0.5, 0.6) is 11.5 Å². The van der Waals surface area contributed by atoms with Crippen molar-refractivity contribution in [3.05, 3.63) is 59.2 Å². The molecule has 2 aromatic carbocycles. The van der Waals surface area contributed by atoms with Crippen molar-refractivity contribution in [2.24, 2.45) is 5.92 Å². The van der Waals surface area contributed by atoms with Gasteiger partial charge in [0.15, 0.2) is 11.5 Å². The van der Waals surface area contributed by atoms with Crippen molar-refractivity contribution in [3.63, 3.8) is 0 Å². The van der Waals surface area contributed by atoms with Gasteiger partial charge < -0.3 is 8.92 Å². The van der Waals surface area contributed by atoms with Crippen molar-refractivity contribution in [2.45, 2.75) is 25.7 Å². The van der Waals surface area contributed by atoms with Gasteiger partial charge in [0, 0.05) is 0 Å². The summed E-state index contributed by atoms with van der Waals surface area (Å²) in [6.45, 7) is 5.68. The van der Waals surface area contributed by atoms with Crippen molar-refractivity contribution in [2.75, 3.05) is 7.11 Å². The van der Waals surface area contributed by atoms with Crippen molar-refractivity contribution >= 4 is 22.5 Å². The van der Waals surface area contributed by atoms with Gasteiger partial charge in [-0.05, 0) is 54.3 Å². The van der Waals surface area contributed by atoms with E-state index < -0.39 is 10.1 Å². The summed E-state index contributed by atoms with van der Waals surface area (Å²) in [7, 11) is -2.57. The van der Waals surface area contributed by atoms with E-state index >= 15 is 0 Å². The van der Waals surface area contributed by atoms with E-state index in [9.17, 15) is 13.2 Å². The van der Waals surface area contributed by atoms with Gasteiger partial charge in [-0.2, -0.15) is 8.42 Å². The van der Waals surface area contributed by atoms with Crippen LogP contribution in [0.3, 0.4) is 0 Å². The predicted octanol–water partition coefficient (Wildman–Crippen LogP) is 4.01. The SMILES string of the molecule is COc1ccc(/C=C(\C=O)C(C)C)cc1OS(=O)(=O)c1ccc(C)cc1. The van der Waals surface area contributed by atoms with Crippen LogP contribution in [0.2, 0.25) is 0 Å². The maximum Gasteiger partial charge on any atom is 0.339 e. The smallest absolute Gasteiger partial charge is 0.339 e. The quantitative estimate of drug-likeness (QED) is 0.416. The van der Waals surface area contributed by atoms with E-state index in [0.29, 0.717) is 11.1 Å². The molecule has 5 nitrogen and oxygen atoms in total. The Hall–Kier alpha value is -2.60. The summed E-state index contributed by atoms with van der Waals surface area (Å²) in [4.78, 5) is 11.2. The molecule has 0 aromatic heterocycles. The second-order valence-electron chi connectivity index (χ2n) is 6.18. The molecule has 6 heteroatoms. The first-order chi connectivity index (χ1) is 12.3. The number of carbonyl (C=O) groups is 1. The third kappa shape index (κ3) is 4.73. The van der Waals surface area contributed by atoms with Crippen LogP contribution in [0.4, 0.5) is 0 Å². The molecule has 0 radical (unpaired) electrons. The Balaban J connectivity index is 2.43.